The van der Waals surface area contributed by atoms with E-state index in [4.69, 9.17) is 0 Å². The van der Waals surface area contributed by atoms with Crippen LogP contribution in [-0.4, -0.2) is 23.5 Å². The van der Waals surface area contributed by atoms with E-state index in [0.717, 1.165) is 5.56 Å². The third-order valence-corrected chi connectivity index (χ3v) is 3.80. The van der Waals surface area contributed by atoms with Crippen molar-refractivity contribution in [2.45, 2.75) is 31.1 Å². The summed E-state index contributed by atoms with van der Waals surface area (Å²) in [5, 5.41) is 0. The quantitative estimate of drug-likeness (QED) is 0.598. The van der Waals surface area contributed by atoms with Gasteiger partial charge in [0.2, 0.25) is 0 Å². The van der Waals surface area contributed by atoms with Crippen LogP contribution in [0.5, 0.6) is 0 Å². The van der Waals surface area contributed by atoms with Crippen LogP contribution in [0.2, 0.25) is 0 Å². The highest BCUT2D eigenvalue weighted by molar-refractivity contribution is 6.09. The number of hydrogen-bond donors (Lipinski definition) is 0. The molecule has 1 aromatic rings. The first-order valence-electron chi connectivity index (χ1n) is 6.43. The Morgan fingerprint density at radius 2 is 1.45 bits per heavy atom. The molecule has 1 saturated carbocycles. The lowest BCUT2D eigenvalue weighted by Crippen LogP contribution is -2.07. The molecule has 0 aromatic heterocycles. The van der Waals surface area contributed by atoms with Crippen molar-refractivity contribution in [1.29, 1.82) is 0 Å². The van der Waals surface area contributed by atoms with E-state index in [1.165, 1.54) is 0 Å². The van der Waals surface area contributed by atoms with E-state index in [0.29, 0.717) is 5.56 Å². The van der Waals surface area contributed by atoms with Gasteiger partial charge in [-0.05, 0) is 11.1 Å². The van der Waals surface area contributed by atoms with E-state index in [2.05, 4.69) is 4.74 Å². The minimum absolute atomic E-state index is 0.00979. The molecule has 0 amide bonds. The number of cyclic esters (lactones) is 2. The van der Waals surface area contributed by atoms with Crippen molar-refractivity contribution in [3.8, 4) is 0 Å². The summed E-state index contributed by atoms with van der Waals surface area (Å²) in [5.41, 5.74) is 1.48. The summed E-state index contributed by atoms with van der Waals surface area (Å²) in [5.74, 6) is -2.06. The Labute approximate surface area is 114 Å². The second-order valence-corrected chi connectivity index (χ2v) is 5.15. The molecule has 2 aliphatic rings. The number of carbonyl (C=O) groups excluding carboxylic acids is 4. The zero-order valence-corrected chi connectivity index (χ0v) is 10.6. The van der Waals surface area contributed by atoms with Crippen LogP contribution in [0.25, 0.3) is 0 Å². The van der Waals surface area contributed by atoms with Crippen molar-refractivity contribution < 1.29 is 23.9 Å². The molecule has 1 saturated heterocycles. The molecular weight excluding hydrogens is 260 g/mol. The maximum atomic E-state index is 11.7. The lowest BCUT2D eigenvalue weighted by molar-refractivity contribution is -0.152. The standard InChI is InChI=1S/C15H12O5/c16-10-5-11(13(17)6-10)8-1-3-9(4-2-8)12-7-14(18)20-15(12)19/h1-4,11-12H,5-7H2. The number of carbonyl (C=O) groups is 4. The predicted molar refractivity (Wildman–Crippen MR) is 66.9 cm³/mol. The van der Waals surface area contributed by atoms with Gasteiger partial charge in [-0.3, -0.25) is 19.2 Å². The lowest BCUT2D eigenvalue weighted by Gasteiger charge is -2.10. The molecule has 0 bridgehead atoms. The van der Waals surface area contributed by atoms with Crippen LogP contribution in [0.15, 0.2) is 24.3 Å². The largest absolute Gasteiger partial charge is 0.393 e. The normalized spacial score (nSPS) is 26.2. The predicted octanol–water partition coefficient (Wildman–Crippen LogP) is 1.26. The van der Waals surface area contributed by atoms with Gasteiger partial charge in [0.15, 0.2) is 0 Å². The molecule has 2 atom stereocenters. The van der Waals surface area contributed by atoms with Crippen LogP contribution in [0.1, 0.15) is 42.2 Å². The number of Topliss-reactive ketones (excluding diaryl/α,β-unsaturated/α-hetero) is 2. The van der Waals surface area contributed by atoms with E-state index in [-0.39, 0.29) is 36.7 Å². The monoisotopic (exact) mass is 272 g/mol. The SMILES string of the molecule is O=C1CC(=O)C(c2ccc(C3CC(=O)OC3=O)cc2)C1. The molecule has 0 N–H and O–H groups in total. The van der Waals surface area contributed by atoms with Crippen LogP contribution in [0, 0.1) is 0 Å². The first-order valence-corrected chi connectivity index (χ1v) is 6.43. The maximum absolute atomic E-state index is 11.7. The molecule has 102 valence electrons. The first-order chi connectivity index (χ1) is 9.54. The molecule has 2 fully saturated rings. The van der Waals surface area contributed by atoms with Gasteiger partial charge in [0, 0.05) is 6.42 Å². The van der Waals surface area contributed by atoms with Crippen LogP contribution in [-0.2, 0) is 23.9 Å². The van der Waals surface area contributed by atoms with E-state index in [9.17, 15) is 19.2 Å². The van der Waals surface area contributed by atoms with Crippen LogP contribution >= 0.6 is 0 Å². The third-order valence-electron chi connectivity index (χ3n) is 3.80. The third kappa shape index (κ3) is 2.15. The molecule has 1 aliphatic heterocycles. The van der Waals surface area contributed by atoms with E-state index < -0.39 is 17.9 Å². The zero-order chi connectivity index (χ0) is 14.3. The minimum Gasteiger partial charge on any atom is -0.393 e. The van der Waals surface area contributed by atoms with E-state index in [1.807, 2.05) is 0 Å². The number of ketones is 2. The van der Waals surface area contributed by atoms with Gasteiger partial charge in [-0.15, -0.1) is 0 Å². The second kappa shape index (κ2) is 4.67. The summed E-state index contributed by atoms with van der Waals surface area (Å²) in [6.45, 7) is 0. The highest BCUT2D eigenvalue weighted by atomic mass is 16.6. The molecule has 1 heterocycles. The number of benzene rings is 1. The topological polar surface area (TPSA) is 77.5 Å². The number of rotatable bonds is 2. The van der Waals surface area contributed by atoms with Gasteiger partial charge in [-0.2, -0.15) is 0 Å². The van der Waals surface area contributed by atoms with Gasteiger partial charge >= 0.3 is 11.9 Å². The highest BCUT2D eigenvalue weighted by Crippen LogP contribution is 2.32. The van der Waals surface area contributed by atoms with Crippen molar-refractivity contribution in [1.82, 2.24) is 0 Å². The average molecular weight is 272 g/mol. The molecular formula is C15H12O5. The number of ether oxygens (including phenoxy) is 1. The fraction of sp³-hybridized carbons (Fsp3) is 0.333. The van der Waals surface area contributed by atoms with Crippen LogP contribution < -0.4 is 0 Å². The summed E-state index contributed by atoms with van der Waals surface area (Å²) in [6.07, 6.45) is 0.317. The molecule has 1 aromatic carbocycles. The zero-order valence-electron chi connectivity index (χ0n) is 10.6. The maximum Gasteiger partial charge on any atom is 0.321 e. The van der Waals surface area contributed by atoms with Gasteiger partial charge in [-0.1, -0.05) is 24.3 Å². The Balaban J connectivity index is 1.81. The minimum atomic E-state index is -0.558. The smallest absolute Gasteiger partial charge is 0.321 e. The molecule has 2 unspecified atom stereocenters. The average Bonchev–Trinajstić information content (AvgIpc) is 2.92. The van der Waals surface area contributed by atoms with Crippen LogP contribution in [0.3, 0.4) is 0 Å². The number of hydrogen-bond acceptors (Lipinski definition) is 5. The molecule has 0 spiro atoms. The van der Waals surface area contributed by atoms with Crippen molar-refractivity contribution in [3.63, 3.8) is 0 Å². The fourth-order valence-corrected chi connectivity index (χ4v) is 2.72. The molecule has 5 heteroatoms. The Hall–Kier alpha value is -2.30. The first kappa shape index (κ1) is 12.7. The molecule has 1 aliphatic carbocycles. The highest BCUT2D eigenvalue weighted by Gasteiger charge is 2.35. The van der Waals surface area contributed by atoms with Gasteiger partial charge in [-0.25, -0.2) is 0 Å². The van der Waals surface area contributed by atoms with Gasteiger partial charge < -0.3 is 4.74 Å². The molecule has 3 rings (SSSR count). The molecule has 0 radical (unpaired) electrons. The Morgan fingerprint density at radius 3 is 1.90 bits per heavy atom. The summed E-state index contributed by atoms with van der Waals surface area (Å²) in [6, 6.07) is 6.92. The Bertz CT molecular complexity index is 559. The summed E-state index contributed by atoms with van der Waals surface area (Å²) in [4.78, 5) is 45.5. The lowest BCUT2D eigenvalue weighted by atomic mass is 9.92. The van der Waals surface area contributed by atoms with Gasteiger partial charge in [0.1, 0.15) is 11.6 Å². The summed E-state index contributed by atoms with van der Waals surface area (Å²) < 4.78 is 4.51. The second-order valence-electron chi connectivity index (χ2n) is 5.15. The molecule has 5 nitrogen and oxygen atoms in total. The van der Waals surface area contributed by atoms with Crippen molar-refractivity contribution in [2.75, 3.05) is 0 Å². The summed E-state index contributed by atoms with van der Waals surface area (Å²) in [7, 11) is 0. The van der Waals surface area contributed by atoms with E-state index in [1.54, 1.807) is 24.3 Å². The number of esters is 2. The van der Waals surface area contributed by atoms with Crippen LogP contribution in [0.4, 0.5) is 0 Å². The van der Waals surface area contributed by atoms with Gasteiger partial charge in [0.05, 0.1) is 24.7 Å². The van der Waals surface area contributed by atoms with Crippen molar-refractivity contribution in [2.24, 2.45) is 0 Å². The molecule has 20 heavy (non-hydrogen) atoms. The van der Waals surface area contributed by atoms with Crippen molar-refractivity contribution >= 4 is 23.5 Å². The van der Waals surface area contributed by atoms with Crippen molar-refractivity contribution in [3.05, 3.63) is 35.4 Å². The van der Waals surface area contributed by atoms with Gasteiger partial charge in [0.25, 0.3) is 0 Å². The van der Waals surface area contributed by atoms with E-state index >= 15 is 0 Å². The Morgan fingerprint density at radius 1 is 0.850 bits per heavy atom. The fourth-order valence-electron chi connectivity index (χ4n) is 2.72. The summed E-state index contributed by atoms with van der Waals surface area (Å²) >= 11 is 0. The Kier molecular flexibility index (Phi) is 2.97.